The normalized spacial score (nSPS) is 10.3. The van der Waals surface area contributed by atoms with Crippen LogP contribution in [0.1, 0.15) is 23.0 Å². The third-order valence-corrected chi connectivity index (χ3v) is 2.99. The van der Waals surface area contributed by atoms with Gasteiger partial charge in [-0.15, -0.1) is 0 Å². The summed E-state index contributed by atoms with van der Waals surface area (Å²) in [5.41, 5.74) is 2.07. The lowest BCUT2D eigenvalue weighted by atomic mass is 10.2. The maximum Gasteiger partial charge on any atom is 0.258 e. The number of hydrogen-bond acceptors (Lipinski definition) is 3. The molecule has 0 unspecified atom stereocenters. The van der Waals surface area contributed by atoms with Crippen molar-refractivity contribution in [1.82, 2.24) is 9.97 Å². The van der Waals surface area contributed by atoms with E-state index in [9.17, 15) is 4.79 Å². The van der Waals surface area contributed by atoms with Crippen molar-refractivity contribution in [2.24, 2.45) is 0 Å². The van der Waals surface area contributed by atoms with E-state index >= 15 is 0 Å². The zero-order chi connectivity index (χ0) is 13.8. The second-order valence-corrected chi connectivity index (χ2v) is 4.49. The molecule has 0 spiro atoms. The molecule has 2 rings (SSSR count). The first-order chi connectivity index (χ1) is 9.11. The fourth-order valence-electron chi connectivity index (χ4n) is 1.72. The van der Waals surface area contributed by atoms with Crippen LogP contribution in [0.2, 0.25) is 5.15 Å². The Hall–Kier alpha value is -1.94. The first-order valence-electron chi connectivity index (χ1n) is 5.96. The maximum absolute atomic E-state index is 12.4. The molecule has 0 atom stereocenters. The smallest absolute Gasteiger partial charge is 0.258 e. The summed E-state index contributed by atoms with van der Waals surface area (Å²) < 4.78 is 0. The van der Waals surface area contributed by atoms with E-state index in [1.54, 1.807) is 37.6 Å². The fourth-order valence-corrected chi connectivity index (χ4v) is 1.94. The van der Waals surface area contributed by atoms with Crippen molar-refractivity contribution < 1.29 is 4.79 Å². The van der Waals surface area contributed by atoms with E-state index in [0.29, 0.717) is 10.7 Å². The van der Waals surface area contributed by atoms with E-state index in [1.165, 1.54) is 4.90 Å². The predicted octanol–water partition coefficient (Wildman–Crippen LogP) is 2.97. The molecular weight excluding hydrogens is 262 g/mol. The van der Waals surface area contributed by atoms with Gasteiger partial charge in [-0.3, -0.25) is 9.78 Å². The van der Waals surface area contributed by atoms with Crippen LogP contribution in [0.25, 0.3) is 0 Å². The van der Waals surface area contributed by atoms with Gasteiger partial charge in [-0.25, -0.2) is 4.98 Å². The molecule has 5 heteroatoms. The molecule has 0 aliphatic carbocycles. The highest BCUT2D eigenvalue weighted by Crippen LogP contribution is 2.17. The summed E-state index contributed by atoms with van der Waals surface area (Å²) in [4.78, 5) is 22.1. The van der Waals surface area contributed by atoms with E-state index in [-0.39, 0.29) is 5.91 Å². The lowest BCUT2D eigenvalue weighted by Crippen LogP contribution is -2.26. The molecular formula is C14H14ClN3O. The number of anilines is 1. The molecule has 0 bridgehead atoms. The van der Waals surface area contributed by atoms with Crippen LogP contribution >= 0.6 is 11.6 Å². The number of aryl methyl sites for hydroxylation is 1. The molecule has 0 saturated heterocycles. The fraction of sp³-hybridized carbons (Fsp3) is 0.214. The molecule has 2 aromatic rings. The molecule has 4 nitrogen and oxygen atoms in total. The Kier molecular flexibility index (Phi) is 4.12. The Morgan fingerprint density at radius 1 is 1.42 bits per heavy atom. The average molecular weight is 276 g/mol. The summed E-state index contributed by atoms with van der Waals surface area (Å²) in [7, 11) is 1.71. The minimum absolute atomic E-state index is 0.132. The molecule has 0 fully saturated rings. The number of pyridine rings is 2. The number of amides is 1. The van der Waals surface area contributed by atoms with Gasteiger partial charge in [0.05, 0.1) is 11.9 Å². The van der Waals surface area contributed by atoms with Crippen LogP contribution in [0, 0.1) is 0 Å². The van der Waals surface area contributed by atoms with Gasteiger partial charge in [-0.05, 0) is 30.7 Å². The first kappa shape index (κ1) is 13.5. The van der Waals surface area contributed by atoms with Crippen LogP contribution in [0.3, 0.4) is 0 Å². The molecule has 2 aromatic heterocycles. The average Bonchev–Trinajstić information content (AvgIpc) is 2.46. The van der Waals surface area contributed by atoms with Crippen LogP contribution in [0.15, 0.2) is 36.7 Å². The number of rotatable bonds is 3. The Balaban J connectivity index is 2.31. The number of nitrogens with zero attached hydrogens (tertiary/aromatic N) is 3. The minimum Gasteiger partial charge on any atom is -0.310 e. The monoisotopic (exact) mass is 275 g/mol. The second-order valence-electron chi connectivity index (χ2n) is 4.10. The molecule has 0 radical (unpaired) electrons. The van der Waals surface area contributed by atoms with Crippen molar-refractivity contribution >= 4 is 23.2 Å². The molecule has 0 aliphatic rings. The standard InChI is InChI=1S/C14H14ClN3O/c1-3-11-7-10(8-13(15)17-11)14(19)18(2)12-5-4-6-16-9-12/h4-9H,3H2,1-2H3. The van der Waals surface area contributed by atoms with Gasteiger partial charge in [0.1, 0.15) is 5.15 Å². The van der Waals surface area contributed by atoms with Crippen LogP contribution in [-0.2, 0) is 6.42 Å². The number of aromatic nitrogens is 2. The topological polar surface area (TPSA) is 46.1 Å². The van der Waals surface area contributed by atoms with E-state index in [2.05, 4.69) is 9.97 Å². The Bertz CT molecular complexity index is 586. The highest BCUT2D eigenvalue weighted by atomic mass is 35.5. The lowest BCUT2D eigenvalue weighted by molar-refractivity contribution is 0.0992. The summed E-state index contributed by atoms with van der Waals surface area (Å²) in [5, 5.41) is 0.335. The van der Waals surface area contributed by atoms with Gasteiger partial charge in [-0.1, -0.05) is 18.5 Å². The first-order valence-corrected chi connectivity index (χ1v) is 6.34. The molecule has 0 N–H and O–H groups in total. The van der Waals surface area contributed by atoms with E-state index < -0.39 is 0 Å². The van der Waals surface area contributed by atoms with E-state index in [0.717, 1.165) is 17.8 Å². The minimum atomic E-state index is -0.132. The third kappa shape index (κ3) is 3.09. The molecule has 2 heterocycles. The van der Waals surface area contributed by atoms with Gasteiger partial charge in [0.25, 0.3) is 5.91 Å². The van der Waals surface area contributed by atoms with Crippen molar-refractivity contribution in [3.8, 4) is 0 Å². The zero-order valence-electron chi connectivity index (χ0n) is 10.8. The summed E-state index contributed by atoms with van der Waals surface area (Å²) in [5.74, 6) is -0.132. The van der Waals surface area contributed by atoms with Crippen molar-refractivity contribution in [2.75, 3.05) is 11.9 Å². The molecule has 0 saturated carbocycles. The van der Waals surface area contributed by atoms with Gasteiger partial charge < -0.3 is 4.90 Å². The molecule has 1 amide bonds. The number of hydrogen-bond donors (Lipinski definition) is 0. The van der Waals surface area contributed by atoms with Crippen LogP contribution < -0.4 is 4.90 Å². The van der Waals surface area contributed by atoms with Crippen molar-refractivity contribution in [1.29, 1.82) is 0 Å². The quantitative estimate of drug-likeness (QED) is 0.809. The summed E-state index contributed by atoms with van der Waals surface area (Å²) in [6.07, 6.45) is 4.04. The number of carbonyl (C=O) groups excluding carboxylic acids is 1. The van der Waals surface area contributed by atoms with Gasteiger partial charge in [0, 0.05) is 24.5 Å². The largest absolute Gasteiger partial charge is 0.310 e. The lowest BCUT2D eigenvalue weighted by Gasteiger charge is -2.17. The van der Waals surface area contributed by atoms with Gasteiger partial charge >= 0.3 is 0 Å². The highest BCUT2D eigenvalue weighted by Gasteiger charge is 2.15. The van der Waals surface area contributed by atoms with Gasteiger partial charge in [0.15, 0.2) is 0 Å². The Morgan fingerprint density at radius 3 is 2.84 bits per heavy atom. The maximum atomic E-state index is 12.4. The van der Waals surface area contributed by atoms with E-state index in [1.807, 2.05) is 13.0 Å². The summed E-state index contributed by atoms with van der Waals surface area (Å²) >= 11 is 5.93. The van der Waals surface area contributed by atoms with Crippen molar-refractivity contribution in [2.45, 2.75) is 13.3 Å². The van der Waals surface area contributed by atoms with E-state index in [4.69, 9.17) is 11.6 Å². The number of carbonyl (C=O) groups is 1. The van der Waals surface area contributed by atoms with Crippen LogP contribution in [-0.4, -0.2) is 22.9 Å². The molecule has 0 aliphatic heterocycles. The van der Waals surface area contributed by atoms with Crippen LogP contribution in [0.4, 0.5) is 5.69 Å². The summed E-state index contributed by atoms with van der Waals surface area (Å²) in [6.45, 7) is 1.97. The predicted molar refractivity (Wildman–Crippen MR) is 75.6 cm³/mol. The van der Waals surface area contributed by atoms with Crippen LogP contribution in [0.5, 0.6) is 0 Å². The Morgan fingerprint density at radius 2 is 2.21 bits per heavy atom. The van der Waals surface area contributed by atoms with Gasteiger partial charge in [0.2, 0.25) is 0 Å². The van der Waals surface area contributed by atoms with Crippen molar-refractivity contribution in [3.63, 3.8) is 0 Å². The molecule has 0 aromatic carbocycles. The highest BCUT2D eigenvalue weighted by molar-refractivity contribution is 6.29. The molecule has 19 heavy (non-hydrogen) atoms. The molecule has 98 valence electrons. The summed E-state index contributed by atoms with van der Waals surface area (Å²) in [6, 6.07) is 6.96. The second kappa shape index (κ2) is 5.80. The van der Waals surface area contributed by atoms with Gasteiger partial charge in [-0.2, -0.15) is 0 Å². The third-order valence-electron chi connectivity index (χ3n) is 2.79. The number of halogens is 1. The zero-order valence-corrected chi connectivity index (χ0v) is 11.6. The SMILES string of the molecule is CCc1cc(C(=O)N(C)c2cccnc2)cc(Cl)n1. The van der Waals surface area contributed by atoms with Crippen molar-refractivity contribution in [3.05, 3.63) is 53.1 Å². The Labute approximate surface area is 117 Å².